The Morgan fingerprint density at radius 3 is 2.25 bits per heavy atom. The minimum atomic E-state index is 1.11. The largest absolute Gasteiger partial charge is 0.258 e. The summed E-state index contributed by atoms with van der Waals surface area (Å²) in [6, 6.07) is 8.39. The molecule has 0 N–H and O–H groups in total. The molecule has 0 spiro atoms. The first-order valence-corrected chi connectivity index (χ1v) is 4.48. The van der Waals surface area contributed by atoms with Crippen molar-refractivity contribution < 1.29 is 0 Å². The highest BCUT2D eigenvalue weighted by Gasteiger charge is 2.09. The monoisotopic (exact) mass is 159 g/mol. The molecule has 1 aliphatic rings. The van der Waals surface area contributed by atoms with Crippen LogP contribution in [0.2, 0.25) is 0 Å². The summed E-state index contributed by atoms with van der Waals surface area (Å²) in [4.78, 5) is 4.52. The van der Waals surface area contributed by atoms with E-state index in [1.54, 1.807) is 0 Å². The van der Waals surface area contributed by atoms with Crippen molar-refractivity contribution in [3.8, 4) is 0 Å². The van der Waals surface area contributed by atoms with Crippen LogP contribution < -0.4 is 0 Å². The van der Waals surface area contributed by atoms with Crippen LogP contribution >= 0.6 is 0 Å². The Morgan fingerprint density at radius 2 is 1.75 bits per heavy atom. The van der Waals surface area contributed by atoms with Gasteiger partial charge in [0.1, 0.15) is 0 Å². The maximum atomic E-state index is 4.52. The molecule has 62 valence electrons. The minimum absolute atomic E-state index is 1.11. The SMILES string of the molecule is Cc1ccc(N=C2CCC2)cc1. The Labute approximate surface area is 73.1 Å². The summed E-state index contributed by atoms with van der Waals surface area (Å²) >= 11 is 0. The highest BCUT2D eigenvalue weighted by Crippen LogP contribution is 2.20. The van der Waals surface area contributed by atoms with E-state index in [2.05, 4.69) is 36.2 Å². The number of aryl methyl sites for hydroxylation is 1. The molecule has 0 bridgehead atoms. The molecule has 0 radical (unpaired) electrons. The van der Waals surface area contributed by atoms with E-state index in [0.29, 0.717) is 0 Å². The molecule has 12 heavy (non-hydrogen) atoms. The number of benzene rings is 1. The fraction of sp³-hybridized carbons (Fsp3) is 0.364. The van der Waals surface area contributed by atoms with Gasteiger partial charge < -0.3 is 0 Å². The van der Waals surface area contributed by atoms with Crippen LogP contribution in [0.15, 0.2) is 29.3 Å². The van der Waals surface area contributed by atoms with E-state index >= 15 is 0 Å². The molecule has 1 nitrogen and oxygen atoms in total. The predicted molar refractivity (Wildman–Crippen MR) is 52.1 cm³/mol. The highest BCUT2D eigenvalue weighted by molar-refractivity contribution is 5.91. The van der Waals surface area contributed by atoms with Gasteiger partial charge in [-0.25, -0.2) is 0 Å². The first kappa shape index (κ1) is 7.53. The second kappa shape index (κ2) is 3.10. The van der Waals surface area contributed by atoms with E-state index in [0.717, 1.165) is 5.69 Å². The summed E-state index contributed by atoms with van der Waals surface area (Å²) in [7, 11) is 0. The summed E-state index contributed by atoms with van der Waals surface area (Å²) in [5.41, 5.74) is 3.77. The van der Waals surface area contributed by atoms with E-state index in [-0.39, 0.29) is 0 Å². The van der Waals surface area contributed by atoms with Crippen molar-refractivity contribution in [2.45, 2.75) is 26.2 Å². The van der Waals surface area contributed by atoms with Crippen molar-refractivity contribution >= 4 is 11.4 Å². The Hall–Kier alpha value is -1.11. The minimum Gasteiger partial charge on any atom is -0.258 e. The van der Waals surface area contributed by atoms with Gasteiger partial charge in [0.05, 0.1) is 5.69 Å². The Kier molecular flexibility index (Phi) is 1.94. The normalized spacial score (nSPS) is 15.6. The van der Waals surface area contributed by atoms with Crippen LogP contribution in [-0.2, 0) is 0 Å². The topological polar surface area (TPSA) is 12.4 Å². The van der Waals surface area contributed by atoms with Crippen LogP contribution in [0, 0.1) is 6.92 Å². The van der Waals surface area contributed by atoms with Gasteiger partial charge in [-0.05, 0) is 38.3 Å². The van der Waals surface area contributed by atoms with E-state index < -0.39 is 0 Å². The molecule has 0 saturated heterocycles. The number of nitrogens with zero attached hydrogens (tertiary/aromatic N) is 1. The molecule has 0 heterocycles. The van der Waals surface area contributed by atoms with Gasteiger partial charge >= 0.3 is 0 Å². The fourth-order valence-electron chi connectivity index (χ4n) is 1.25. The van der Waals surface area contributed by atoms with Crippen LogP contribution in [0.1, 0.15) is 24.8 Å². The van der Waals surface area contributed by atoms with Gasteiger partial charge in [-0.2, -0.15) is 0 Å². The third-order valence-electron chi connectivity index (χ3n) is 2.25. The second-order valence-corrected chi connectivity index (χ2v) is 3.37. The number of rotatable bonds is 1. The van der Waals surface area contributed by atoms with Crippen molar-refractivity contribution in [2.24, 2.45) is 4.99 Å². The summed E-state index contributed by atoms with van der Waals surface area (Å²) in [5, 5.41) is 0. The highest BCUT2D eigenvalue weighted by atomic mass is 14.8. The molecule has 1 heteroatoms. The Balaban J connectivity index is 2.18. The van der Waals surface area contributed by atoms with E-state index in [9.17, 15) is 0 Å². The zero-order chi connectivity index (χ0) is 8.39. The molecular formula is C11H13N. The molecule has 2 rings (SSSR count). The average Bonchev–Trinajstić information content (AvgIpc) is 2.00. The van der Waals surface area contributed by atoms with E-state index in [1.165, 1.54) is 30.5 Å². The van der Waals surface area contributed by atoms with Crippen LogP contribution in [0.4, 0.5) is 5.69 Å². The molecule has 0 unspecified atom stereocenters. The van der Waals surface area contributed by atoms with Gasteiger partial charge in [0.15, 0.2) is 0 Å². The molecule has 1 saturated carbocycles. The zero-order valence-electron chi connectivity index (χ0n) is 7.38. The molecule has 0 atom stereocenters. The van der Waals surface area contributed by atoms with Crippen LogP contribution in [0.3, 0.4) is 0 Å². The average molecular weight is 159 g/mol. The molecule has 0 aromatic heterocycles. The molecule has 1 fully saturated rings. The van der Waals surface area contributed by atoms with Gasteiger partial charge in [-0.1, -0.05) is 17.7 Å². The summed E-state index contributed by atoms with van der Waals surface area (Å²) < 4.78 is 0. The number of aliphatic imine (C=N–C) groups is 1. The maximum absolute atomic E-state index is 4.52. The lowest BCUT2D eigenvalue weighted by Crippen LogP contribution is -2.08. The molecule has 0 aliphatic heterocycles. The quantitative estimate of drug-likeness (QED) is 0.596. The van der Waals surface area contributed by atoms with Crippen LogP contribution in [0.5, 0.6) is 0 Å². The molecular weight excluding hydrogens is 146 g/mol. The molecule has 1 aliphatic carbocycles. The van der Waals surface area contributed by atoms with E-state index in [1.807, 2.05) is 0 Å². The summed E-state index contributed by atoms with van der Waals surface area (Å²) in [6.45, 7) is 2.10. The summed E-state index contributed by atoms with van der Waals surface area (Å²) in [6.07, 6.45) is 3.73. The fourth-order valence-corrected chi connectivity index (χ4v) is 1.25. The van der Waals surface area contributed by atoms with Gasteiger partial charge in [-0.3, -0.25) is 4.99 Å². The van der Waals surface area contributed by atoms with Crippen molar-refractivity contribution in [1.82, 2.24) is 0 Å². The zero-order valence-corrected chi connectivity index (χ0v) is 7.38. The smallest absolute Gasteiger partial charge is 0.0629 e. The summed E-state index contributed by atoms with van der Waals surface area (Å²) in [5.74, 6) is 0. The third kappa shape index (κ3) is 1.55. The van der Waals surface area contributed by atoms with E-state index in [4.69, 9.17) is 0 Å². The number of hydrogen-bond acceptors (Lipinski definition) is 1. The van der Waals surface area contributed by atoms with Crippen molar-refractivity contribution in [2.75, 3.05) is 0 Å². The standard InChI is InChI=1S/C11H13N/c1-9-5-7-11(8-6-9)12-10-3-2-4-10/h5-8H,2-4H2,1H3. The maximum Gasteiger partial charge on any atom is 0.0629 e. The lowest BCUT2D eigenvalue weighted by atomic mass is 9.97. The lowest BCUT2D eigenvalue weighted by Gasteiger charge is -2.13. The lowest BCUT2D eigenvalue weighted by molar-refractivity contribution is 0.803. The first-order valence-electron chi connectivity index (χ1n) is 4.48. The number of hydrogen-bond donors (Lipinski definition) is 0. The van der Waals surface area contributed by atoms with Gasteiger partial charge in [0.2, 0.25) is 0 Å². The van der Waals surface area contributed by atoms with Gasteiger partial charge in [-0.15, -0.1) is 0 Å². The van der Waals surface area contributed by atoms with Crippen LogP contribution in [-0.4, -0.2) is 5.71 Å². The second-order valence-electron chi connectivity index (χ2n) is 3.37. The first-order chi connectivity index (χ1) is 5.84. The predicted octanol–water partition coefficient (Wildman–Crippen LogP) is 3.25. The van der Waals surface area contributed by atoms with Gasteiger partial charge in [0.25, 0.3) is 0 Å². The molecule has 0 amide bonds. The van der Waals surface area contributed by atoms with Crippen molar-refractivity contribution in [3.05, 3.63) is 29.8 Å². The Bertz CT molecular complexity index is 289. The third-order valence-corrected chi connectivity index (χ3v) is 2.25. The molecule has 1 aromatic rings. The van der Waals surface area contributed by atoms with Gasteiger partial charge in [0, 0.05) is 5.71 Å². The van der Waals surface area contributed by atoms with Crippen LogP contribution in [0.25, 0.3) is 0 Å². The van der Waals surface area contributed by atoms with Crippen molar-refractivity contribution in [1.29, 1.82) is 0 Å². The molecule has 1 aromatic carbocycles. The Morgan fingerprint density at radius 1 is 1.08 bits per heavy atom. The van der Waals surface area contributed by atoms with Crippen molar-refractivity contribution in [3.63, 3.8) is 0 Å².